The summed E-state index contributed by atoms with van der Waals surface area (Å²) in [6.45, 7) is 0. The zero-order valence-corrected chi connectivity index (χ0v) is 30.3. The van der Waals surface area contributed by atoms with Crippen molar-refractivity contribution in [3.05, 3.63) is 205 Å². The van der Waals surface area contributed by atoms with E-state index in [4.69, 9.17) is 15.0 Å². The fourth-order valence-electron chi connectivity index (χ4n) is 9.40. The second kappa shape index (κ2) is 11.6. The Morgan fingerprint density at radius 1 is 0.455 bits per heavy atom. The Bertz CT molecular complexity index is 3040. The maximum Gasteiger partial charge on any atom is 0.0945 e. The van der Waals surface area contributed by atoms with Crippen LogP contribution >= 0.6 is 11.8 Å². The number of pyridine rings is 3. The molecule has 256 valence electrons. The second-order valence-corrected chi connectivity index (χ2v) is 15.3. The van der Waals surface area contributed by atoms with Gasteiger partial charge in [-0.3, -0.25) is 9.97 Å². The Morgan fingerprint density at radius 2 is 1.15 bits per heavy atom. The monoisotopic (exact) mass is 718 g/mol. The fraction of sp³-hybridized carbons (Fsp3) is 0.0200. The van der Waals surface area contributed by atoms with Crippen LogP contribution in [-0.4, -0.2) is 15.0 Å². The van der Waals surface area contributed by atoms with E-state index in [9.17, 15) is 0 Å². The third kappa shape index (κ3) is 4.16. The molecule has 0 saturated carbocycles. The molecule has 0 bridgehead atoms. The van der Waals surface area contributed by atoms with Gasteiger partial charge in [-0.15, -0.1) is 0 Å². The number of fused-ring (bicyclic) bond motifs is 14. The van der Waals surface area contributed by atoms with E-state index in [1.807, 2.05) is 30.2 Å². The highest BCUT2D eigenvalue weighted by atomic mass is 32.2. The highest BCUT2D eigenvalue weighted by Gasteiger charge is 2.54. The van der Waals surface area contributed by atoms with Crippen LogP contribution in [0.25, 0.3) is 55.8 Å². The van der Waals surface area contributed by atoms with Crippen LogP contribution in [0, 0.1) is 0 Å². The van der Waals surface area contributed by atoms with E-state index in [-0.39, 0.29) is 0 Å². The molecular weight excluding hydrogens is 689 g/mol. The van der Waals surface area contributed by atoms with Gasteiger partial charge >= 0.3 is 0 Å². The number of nitrogens with zero attached hydrogens (tertiary/aromatic N) is 4. The number of hydrogen-bond donors (Lipinski definition) is 0. The molecule has 9 aromatic rings. The molecular formula is C50H30N4S. The van der Waals surface area contributed by atoms with Crippen LogP contribution in [0.2, 0.25) is 0 Å². The number of benzene rings is 6. The third-order valence-electron chi connectivity index (χ3n) is 11.6. The third-order valence-corrected chi connectivity index (χ3v) is 12.8. The molecule has 3 aliphatic rings. The summed E-state index contributed by atoms with van der Waals surface area (Å²) in [6.07, 6.45) is 3.78. The number of anilines is 3. The van der Waals surface area contributed by atoms with Crippen LogP contribution in [0.5, 0.6) is 0 Å². The minimum atomic E-state index is -0.570. The number of hydrogen-bond acceptors (Lipinski definition) is 5. The van der Waals surface area contributed by atoms with Gasteiger partial charge in [-0.2, -0.15) is 0 Å². The lowest BCUT2D eigenvalue weighted by atomic mass is 9.71. The average molecular weight is 719 g/mol. The summed E-state index contributed by atoms with van der Waals surface area (Å²) in [5.41, 5.74) is 17.4. The quantitative estimate of drug-likeness (QED) is 0.182. The summed E-state index contributed by atoms with van der Waals surface area (Å²) in [7, 11) is 0. The molecule has 0 radical (unpaired) electrons. The van der Waals surface area contributed by atoms with E-state index in [2.05, 4.69) is 169 Å². The summed E-state index contributed by atoms with van der Waals surface area (Å²) in [4.78, 5) is 20.4. The van der Waals surface area contributed by atoms with Crippen molar-refractivity contribution in [1.82, 2.24) is 15.0 Å². The molecule has 6 aromatic carbocycles. The van der Waals surface area contributed by atoms with Gasteiger partial charge in [0.15, 0.2) is 0 Å². The Labute approximate surface area is 322 Å². The van der Waals surface area contributed by atoms with E-state index < -0.39 is 5.41 Å². The topological polar surface area (TPSA) is 41.9 Å². The van der Waals surface area contributed by atoms with E-state index in [1.165, 1.54) is 54.5 Å². The molecule has 2 aliphatic carbocycles. The molecule has 1 unspecified atom stereocenters. The maximum absolute atomic E-state index is 5.57. The molecule has 0 fully saturated rings. The fourth-order valence-corrected chi connectivity index (χ4v) is 10.6. The summed E-state index contributed by atoms with van der Waals surface area (Å²) >= 11 is 1.88. The van der Waals surface area contributed by atoms with Crippen LogP contribution in [0.3, 0.4) is 0 Å². The number of para-hydroxylation sites is 3. The van der Waals surface area contributed by atoms with Gasteiger partial charge in [-0.05, 0) is 81.9 Å². The summed E-state index contributed by atoms with van der Waals surface area (Å²) < 4.78 is 0. The first-order valence-electron chi connectivity index (χ1n) is 18.6. The molecule has 4 heterocycles. The zero-order chi connectivity index (χ0) is 36.1. The summed E-state index contributed by atoms with van der Waals surface area (Å²) in [5.74, 6) is 0. The largest absolute Gasteiger partial charge is 0.308 e. The molecule has 3 aromatic heterocycles. The first-order chi connectivity index (χ1) is 27.3. The normalized spacial score (nSPS) is 15.6. The molecule has 0 N–H and O–H groups in total. The Morgan fingerprint density at radius 3 is 2.07 bits per heavy atom. The van der Waals surface area contributed by atoms with E-state index >= 15 is 0 Å². The Hall–Kier alpha value is -6.82. The molecule has 1 aliphatic heterocycles. The van der Waals surface area contributed by atoms with Gasteiger partial charge in [-0.25, -0.2) is 4.98 Å². The van der Waals surface area contributed by atoms with Gasteiger partial charge in [0, 0.05) is 49.9 Å². The first kappa shape index (κ1) is 30.6. The molecule has 0 amide bonds. The molecule has 0 saturated heterocycles. The summed E-state index contributed by atoms with van der Waals surface area (Å²) in [6, 6.07) is 61.1. The Balaban J connectivity index is 1.10. The van der Waals surface area contributed by atoms with E-state index in [1.54, 1.807) is 0 Å². The highest BCUT2D eigenvalue weighted by Crippen LogP contribution is 2.66. The number of rotatable bonds is 3. The average Bonchev–Trinajstić information content (AvgIpc) is 3.73. The predicted molar refractivity (Wildman–Crippen MR) is 223 cm³/mol. The van der Waals surface area contributed by atoms with Crippen molar-refractivity contribution >= 4 is 39.7 Å². The minimum absolute atomic E-state index is 0.570. The minimum Gasteiger partial charge on any atom is -0.308 e. The highest BCUT2D eigenvalue weighted by molar-refractivity contribution is 8.00. The van der Waals surface area contributed by atoms with Gasteiger partial charge in [0.05, 0.1) is 39.4 Å². The lowest BCUT2D eigenvalue weighted by Crippen LogP contribution is -2.26. The molecule has 55 heavy (non-hydrogen) atoms. The lowest BCUT2D eigenvalue weighted by molar-refractivity contribution is 0.788. The van der Waals surface area contributed by atoms with Gasteiger partial charge in [0.25, 0.3) is 0 Å². The van der Waals surface area contributed by atoms with Crippen molar-refractivity contribution in [2.45, 2.75) is 15.2 Å². The van der Waals surface area contributed by atoms with E-state index in [0.29, 0.717) is 0 Å². The first-order valence-corrected chi connectivity index (χ1v) is 19.4. The summed E-state index contributed by atoms with van der Waals surface area (Å²) in [5, 5.41) is 1.12. The van der Waals surface area contributed by atoms with E-state index in [0.717, 1.165) is 50.4 Å². The van der Waals surface area contributed by atoms with Crippen molar-refractivity contribution in [3.8, 4) is 44.9 Å². The van der Waals surface area contributed by atoms with Gasteiger partial charge in [0.1, 0.15) is 0 Å². The zero-order valence-electron chi connectivity index (χ0n) is 29.5. The second-order valence-electron chi connectivity index (χ2n) is 14.3. The smallest absolute Gasteiger partial charge is 0.0945 e. The van der Waals surface area contributed by atoms with Gasteiger partial charge in [0.2, 0.25) is 0 Å². The van der Waals surface area contributed by atoms with Crippen molar-refractivity contribution in [2.75, 3.05) is 4.90 Å². The molecule has 12 rings (SSSR count). The Kier molecular flexibility index (Phi) is 6.45. The van der Waals surface area contributed by atoms with Gasteiger partial charge < -0.3 is 4.90 Å². The van der Waals surface area contributed by atoms with Crippen LogP contribution in [0.1, 0.15) is 22.3 Å². The van der Waals surface area contributed by atoms with Crippen molar-refractivity contribution in [2.24, 2.45) is 0 Å². The standard InChI is InChI=1S/C50H30N4S/c1-2-15-32(16-3-1)54-42-23-8-9-24-44(42)55-49-43(54)28-26-38-45(49)36-19-6-7-21-37(36)50(38)39-22-12-30-52-47(39)48-40(50)25-27-41(53-48)34-18-5-4-17-33(34)35-20-10-13-31-14-11-29-51-46(31)35/h1-30H. The van der Waals surface area contributed by atoms with Gasteiger partial charge in [-0.1, -0.05) is 133 Å². The lowest BCUT2D eigenvalue weighted by Gasteiger charge is -2.35. The molecule has 1 spiro atoms. The SMILES string of the molecule is c1ccc(N2c3ccccc3Sc3c2ccc2c3-c3ccccc3C23c2cccnc2-c2nc(-c4ccccc4-c4cccc5cccnc45)ccc23)cc1. The van der Waals surface area contributed by atoms with Crippen molar-refractivity contribution in [3.63, 3.8) is 0 Å². The molecule has 4 nitrogen and oxygen atoms in total. The van der Waals surface area contributed by atoms with Crippen LogP contribution in [0.4, 0.5) is 17.1 Å². The predicted octanol–water partition coefficient (Wildman–Crippen LogP) is 12.6. The van der Waals surface area contributed by atoms with Crippen LogP contribution < -0.4 is 4.90 Å². The van der Waals surface area contributed by atoms with Crippen molar-refractivity contribution in [1.29, 1.82) is 0 Å². The van der Waals surface area contributed by atoms with Crippen LogP contribution in [0.15, 0.2) is 192 Å². The number of aromatic nitrogens is 3. The maximum atomic E-state index is 5.57. The molecule has 5 heteroatoms. The van der Waals surface area contributed by atoms with Crippen molar-refractivity contribution < 1.29 is 0 Å². The molecule has 1 atom stereocenters. The van der Waals surface area contributed by atoms with Crippen LogP contribution in [-0.2, 0) is 5.41 Å².